The van der Waals surface area contributed by atoms with Crippen LogP contribution in [0.3, 0.4) is 0 Å². The summed E-state index contributed by atoms with van der Waals surface area (Å²) in [6, 6.07) is 10.6. The Labute approximate surface area is 156 Å². The molecule has 0 atom stereocenters. The Hall–Kier alpha value is -2.59. The van der Waals surface area contributed by atoms with Crippen molar-refractivity contribution in [2.24, 2.45) is 5.92 Å². The van der Waals surface area contributed by atoms with E-state index >= 15 is 0 Å². The topological polar surface area (TPSA) is 56.5 Å². The average molecular weight is 371 g/mol. The molecule has 0 amide bonds. The van der Waals surface area contributed by atoms with Crippen molar-refractivity contribution in [1.29, 1.82) is 0 Å². The fraction of sp³-hybridized carbons (Fsp3) is 0.238. The SMILES string of the molecule is Cc1cc(C)c2oc(-c3ccccc3Cl)c(OC(=O)C(C)C)c(=O)c2c1. The Kier molecular flexibility index (Phi) is 4.88. The lowest BCUT2D eigenvalue weighted by Gasteiger charge is -2.13. The van der Waals surface area contributed by atoms with Gasteiger partial charge in [-0.05, 0) is 43.2 Å². The quantitative estimate of drug-likeness (QED) is 0.587. The maximum atomic E-state index is 13.1. The first kappa shape index (κ1) is 18.2. The van der Waals surface area contributed by atoms with Crippen LogP contribution in [0.25, 0.3) is 22.3 Å². The number of aryl methyl sites for hydroxylation is 2. The number of fused-ring (bicyclic) bond motifs is 1. The van der Waals surface area contributed by atoms with Gasteiger partial charge in [-0.3, -0.25) is 9.59 Å². The van der Waals surface area contributed by atoms with Crippen LogP contribution < -0.4 is 10.2 Å². The minimum absolute atomic E-state index is 0.130. The van der Waals surface area contributed by atoms with E-state index in [-0.39, 0.29) is 22.9 Å². The molecule has 0 spiro atoms. The summed E-state index contributed by atoms with van der Waals surface area (Å²) < 4.78 is 11.5. The molecule has 3 rings (SSSR count). The van der Waals surface area contributed by atoms with Gasteiger partial charge < -0.3 is 9.15 Å². The highest BCUT2D eigenvalue weighted by atomic mass is 35.5. The van der Waals surface area contributed by atoms with E-state index in [1.54, 1.807) is 44.2 Å². The number of rotatable bonds is 3. The molecule has 0 aliphatic carbocycles. The highest BCUT2D eigenvalue weighted by Gasteiger charge is 2.23. The van der Waals surface area contributed by atoms with Crippen LogP contribution in [0.15, 0.2) is 45.6 Å². The molecule has 1 aromatic heterocycles. The van der Waals surface area contributed by atoms with Crippen molar-refractivity contribution in [3.05, 3.63) is 62.8 Å². The third-order valence-corrected chi connectivity index (χ3v) is 4.40. The third kappa shape index (κ3) is 3.25. The third-order valence-electron chi connectivity index (χ3n) is 4.07. The summed E-state index contributed by atoms with van der Waals surface area (Å²) in [5.74, 6) is -0.860. The molecule has 1 heterocycles. The molecule has 0 unspecified atom stereocenters. The molecule has 0 aliphatic heterocycles. The van der Waals surface area contributed by atoms with E-state index in [1.165, 1.54) is 0 Å². The van der Waals surface area contributed by atoms with Gasteiger partial charge in [0.2, 0.25) is 11.2 Å². The first-order chi connectivity index (χ1) is 12.3. The zero-order chi connectivity index (χ0) is 19.0. The molecule has 0 N–H and O–H groups in total. The molecule has 0 bridgehead atoms. The van der Waals surface area contributed by atoms with E-state index in [1.807, 2.05) is 19.9 Å². The molecule has 0 fully saturated rings. The molecule has 26 heavy (non-hydrogen) atoms. The van der Waals surface area contributed by atoms with E-state index < -0.39 is 5.97 Å². The van der Waals surface area contributed by atoms with Crippen molar-refractivity contribution in [1.82, 2.24) is 0 Å². The predicted molar refractivity (Wildman–Crippen MR) is 103 cm³/mol. The van der Waals surface area contributed by atoms with Crippen molar-refractivity contribution in [2.75, 3.05) is 0 Å². The zero-order valence-corrected chi connectivity index (χ0v) is 15.8. The van der Waals surface area contributed by atoms with Crippen LogP contribution in [0.2, 0.25) is 5.02 Å². The lowest BCUT2D eigenvalue weighted by Crippen LogP contribution is -2.20. The Morgan fingerprint density at radius 1 is 1.15 bits per heavy atom. The lowest BCUT2D eigenvalue weighted by atomic mass is 10.1. The molecule has 5 heteroatoms. The number of ether oxygens (including phenoxy) is 1. The molecule has 4 nitrogen and oxygen atoms in total. The molecule has 3 aromatic rings. The van der Waals surface area contributed by atoms with E-state index in [4.69, 9.17) is 20.8 Å². The summed E-state index contributed by atoms with van der Waals surface area (Å²) in [6.45, 7) is 7.17. The van der Waals surface area contributed by atoms with Crippen LogP contribution in [0.5, 0.6) is 5.75 Å². The van der Waals surface area contributed by atoms with Gasteiger partial charge >= 0.3 is 5.97 Å². The normalized spacial score (nSPS) is 11.2. The van der Waals surface area contributed by atoms with Crippen LogP contribution in [0, 0.1) is 19.8 Å². The molecular formula is C21H19ClO4. The second-order valence-electron chi connectivity index (χ2n) is 6.60. The second-order valence-corrected chi connectivity index (χ2v) is 7.01. The summed E-state index contributed by atoms with van der Waals surface area (Å²) in [4.78, 5) is 25.3. The number of halogens is 1. The van der Waals surface area contributed by atoms with Crippen LogP contribution in [0.4, 0.5) is 0 Å². The Bertz CT molecular complexity index is 1060. The molecule has 134 valence electrons. The molecule has 0 aliphatic rings. The molecule has 0 radical (unpaired) electrons. The number of hydrogen-bond donors (Lipinski definition) is 0. The van der Waals surface area contributed by atoms with Crippen LogP contribution >= 0.6 is 11.6 Å². The Balaban J connectivity index is 2.39. The van der Waals surface area contributed by atoms with Crippen LogP contribution in [-0.2, 0) is 4.79 Å². The highest BCUT2D eigenvalue weighted by Crippen LogP contribution is 2.36. The van der Waals surface area contributed by atoms with E-state index in [0.29, 0.717) is 21.6 Å². The standard InChI is InChI=1S/C21H19ClO4/c1-11(2)21(24)26-20-17(23)15-10-12(3)9-13(4)18(15)25-19(20)14-7-5-6-8-16(14)22/h5-11H,1-4H3. The summed E-state index contributed by atoms with van der Waals surface area (Å²) in [7, 11) is 0. The van der Waals surface area contributed by atoms with Crippen molar-refractivity contribution < 1.29 is 13.9 Å². The second kappa shape index (κ2) is 6.96. The van der Waals surface area contributed by atoms with Gasteiger partial charge in [-0.1, -0.05) is 43.6 Å². The first-order valence-corrected chi connectivity index (χ1v) is 8.72. The zero-order valence-electron chi connectivity index (χ0n) is 15.1. The fourth-order valence-electron chi connectivity index (χ4n) is 2.77. The minimum atomic E-state index is -0.505. The maximum Gasteiger partial charge on any atom is 0.314 e. The Morgan fingerprint density at radius 2 is 1.85 bits per heavy atom. The Morgan fingerprint density at radius 3 is 2.50 bits per heavy atom. The largest absolute Gasteiger partial charge is 0.452 e. The summed E-state index contributed by atoms with van der Waals surface area (Å²) in [6.07, 6.45) is 0. The van der Waals surface area contributed by atoms with Gasteiger partial charge in [0, 0.05) is 5.56 Å². The van der Waals surface area contributed by atoms with Crippen LogP contribution in [0.1, 0.15) is 25.0 Å². The summed E-state index contributed by atoms with van der Waals surface area (Å²) >= 11 is 6.30. The average Bonchev–Trinajstić information content (AvgIpc) is 2.58. The maximum absolute atomic E-state index is 13.1. The number of carbonyl (C=O) groups is 1. The molecule has 0 saturated heterocycles. The smallest absolute Gasteiger partial charge is 0.314 e. The lowest BCUT2D eigenvalue weighted by molar-refractivity contribution is -0.137. The number of hydrogen-bond acceptors (Lipinski definition) is 4. The summed E-state index contributed by atoms with van der Waals surface area (Å²) in [5.41, 5.74) is 2.32. The van der Waals surface area contributed by atoms with Gasteiger partial charge in [-0.15, -0.1) is 0 Å². The van der Waals surface area contributed by atoms with Gasteiger partial charge in [0.1, 0.15) is 5.58 Å². The van der Waals surface area contributed by atoms with Crippen molar-refractivity contribution in [3.63, 3.8) is 0 Å². The highest BCUT2D eigenvalue weighted by molar-refractivity contribution is 6.33. The molecular weight excluding hydrogens is 352 g/mol. The number of esters is 1. The van der Waals surface area contributed by atoms with Gasteiger partial charge in [-0.25, -0.2) is 0 Å². The first-order valence-electron chi connectivity index (χ1n) is 8.34. The fourth-order valence-corrected chi connectivity index (χ4v) is 2.99. The van der Waals surface area contributed by atoms with Gasteiger partial charge in [-0.2, -0.15) is 0 Å². The molecule has 2 aromatic carbocycles. The number of benzene rings is 2. The number of carbonyl (C=O) groups excluding carboxylic acids is 1. The molecule has 0 saturated carbocycles. The van der Waals surface area contributed by atoms with Gasteiger partial charge in [0.25, 0.3) is 0 Å². The van der Waals surface area contributed by atoms with E-state index in [0.717, 1.165) is 11.1 Å². The monoisotopic (exact) mass is 370 g/mol. The van der Waals surface area contributed by atoms with Crippen molar-refractivity contribution >= 4 is 28.5 Å². The van der Waals surface area contributed by atoms with E-state index in [2.05, 4.69) is 0 Å². The van der Waals surface area contributed by atoms with Gasteiger partial charge in [0.05, 0.1) is 16.3 Å². The van der Waals surface area contributed by atoms with Crippen molar-refractivity contribution in [2.45, 2.75) is 27.7 Å². The minimum Gasteiger partial charge on any atom is -0.452 e. The summed E-state index contributed by atoms with van der Waals surface area (Å²) in [5, 5.41) is 0.784. The van der Waals surface area contributed by atoms with E-state index in [9.17, 15) is 9.59 Å². The van der Waals surface area contributed by atoms with Crippen molar-refractivity contribution in [3.8, 4) is 17.1 Å². The predicted octanol–water partition coefficient (Wildman–Crippen LogP) is 5.29. The van der Waals surface area contributed by atoms with Crippen LogP contribution in [-0.4, -0.2) is 5.97 Å². The van der Waals surface area contributed by atoms with Gasteiger partial charge in [0.15, 0.2) is 5.76 Å².